The zero-order chi connectivity index (χ0) is 4.71. The molecule has 0 saturated heterocycles. The second-order valence-corrected chi connectivity index (χ2v) is 0. The predicted molar refractivity (Wildman–Crippen MR) is 27.1 cm³/mol. The Bertz CT molecular complexity index is 32.3. The van der Waals surface area contributed by atoms with E-state index in [0.717, 1.165) is 0 Å². The van der Waals surface area contributed by atoms with Crippen molar-refractivity contribution in [3.8, 4) is 5.97 Å². The molecule has 6 heavy (non-hydrogen) atoms. The van der Waals surface area contributed by atoms with Gasteiger partial charge in [0.2, 0.25) is 0 Å². The molecule has 0 unspecified atom stereocenters. The van der Waals surface area contributed by atoms with Gasteiger partial charge in [-0.1, -0.05) is 0 Å². The normalized spacial score (nSPS) is 2.00. The SMILES string of the molecule is [BH3-]C#N.[B][B].[Na+]. The third kappa shape index (κ3) is 136. The fourth-order valence-corrected chi connectivity index (χ4v) is 0. The van der Waals surface area contributed by atoms with Gasteiger partial charge in [-0.05, 0) is 0 Å². The molecule has 0 fully saturated rings. The molecule has 0 heterocycles. The maximum absolute atomic E-state index is 7.43. The molecule has 4 radical (unpaired) electrons. The first-order valence-electron chi connectivity index (χ1n) is 0.557. The van der Waals surface area contributed by atoms with Crippen molar-refractivity contribution in [1.29, 1.82) is 5.26 Å². The summed E-state index contributed by atoms with van der Waals surface area (Å²) in [6.07, 6.45) is 0. The number of nitrogens with zero attached hydrogens (tertiary/aromatic N) is 1. The molecule has 0 bridgehead atoms. The van der Waals surface area contributed by atoms with Gasteiger partial charge in [0.25, 0.3) is 0 Å². The number of hydrogen-bond donors (Lipinski definition) is 0. The molecule has 0 saturated carbocycles. The standard InChI is InChI=1S/CH3BN.B2.Na/c2-1-3;1-2;/h2H3;;/q-1;;+1. The minimum atomic E-state index is 0. The Labute approximate surface area is 64.0 Å². The summed E-state index contributed by atoms with van der Waals surface area (Å²) in [6, 6.07) is 0. The van der Waals surface area contributed by atoms with E-state index in [4.69, 9.17) is 5.26 Å². The van der Waals surface area contributed by atoms with Gasteiger partial charge in [-0.2, -0.15) is 5.97 Å². The van der Waals surface area contributed by atoms with Gasteiger partial charge < -0.3 is 0 Å². The molecule has 0 atom stereocenters. The van der Waals surface area contributed by atoms with E-state index in [9.17, 15) is 0 Å². The van der Waals surface area contributed by atoms with E-state index < -0.39 is 0 Å². The van der Waals surface area contributed by atoms with Gasteiger partial charge in [-0.25, -0.2) is 0 Å². The smallest absolute Gasteiger partial charge is 0.251 e. The zero-order valence-electron chi connectivity index (χ0n) is 3.10. The Hall–Kier alpha value is 0.685. The summed E-state index contributed by atoms with van der Waals surface area (Å²) in [5.41, 5.74) is 0. The van der Waals surface area contributed by atoms with E-state index in [1.807, 2.05) is 5.97 Å². The van der Waals surface area contributed by atoms with Crippen LogP contribution >= 0.6 is 0 Å². The van der Waals surface area contributed by atoms with Gasteiger partial charge in [-0.3, -0.25) is 5.26 Å². The van der Waals surface area contributed by atoms with Crippen molar-refractivity contribution >= 4 is 23.3 Å². The maximum Gasteiger partial charge on any atom is 1.00 e. The number of nitriles is 1. The Morgan fingerprint density at radius 1 is 1.50 bits per heavy atom. The minimum absolute atomic E-state index is 0. The Morgan fingerprint density at radius 3 is 1.50 bits per heavy atom. The van der Waals surface area contributed by atoms with Crippen molar-refractivity contribution in [2.75, 3.05) is 0 Å². The Balaban J connectivity index is -0.0000000275. The first-order chi connectivity index (χ1) is 2.41. The molecule has 5 heteroatoms. The van der Waals surface area contributed by atoms with Crippen LogP contribution in [-0.2, 0) is 0 Å². The Morgan fingerprint density at radius 2 is 1.50 bits per heavy atom. The van der Waals surface area contributed by atoms with Crippen molar-refractivity contribution in [1.82, 2.24) is 0 Å². The van der Waals surface area contributed by atoms with Crippen molar-refractivity contribution in [2.45, 2.75) is 0 Å². The van der Waals surface area contributed by atoms with Crippen molar-refractivity contribution in [2.24, 2.45) is 0 Å². The minimum Gasteiger partial charge on any atom is -0.251 e. The van der Waals surface area contributed by atoms with Crippen LogP contribution in [0.1, 0.15) is 0 Å². The van der Waals surface area contributed by atoms with E-state index in [1.54, 1.807) is 0 Å². The molecule has 0 amide bonds. The number of rotatable bonds is 0. The third-order valence-electron chi connectivity index (χ3n) is 0. The summed E-state index contributed by atoms with van der Waals surface area (Å²) in [6.45, 7) is 0. The second kappa shape index (κ2) is 44.0. The van der Waals surface area contributed by atoms with Crippen LogP contribution in [-0.4, -0.2) is 23.3 Å². The van der Waals surface area contributed by atoms with Crippen LogP contribution in [0.2, 0.25) is 0 Å². The molecule has 0 aromatic rings. The second-order valence-electron chi connectivity index (χ2n) is 0. The van der Waals surface area contributed by atoms with Crippen LogP contribution in [0.3, 0.4) is 0 Å². The summed E-state index contributed by atoms with van der Waals surface area (Å²) >= 11 is 0. The van der Waals surface area contributed by atoms with Gasteiger partial charge >= 0.3 is 29.6 Å². The molecule has 0 N–H and O–H groups in total. The molecule has 0 aromatic carbocycles. The molecule has 0 aliphatic rings. The summed E-state index contributed by atoms with van der Waals surface area (Å²) in [7, 11) is 8.07. The molecule has 0 aliphatic heterocycles. The first kappa shape index (κ1) is 15.9. The van der Waals surface area contributed by atoms with E-state index in [1.165, 1.54) is 0 Å². The van der Waals surface area contributed by atoms with Crippen molar-refractivity contribution < 1.29 is 29.6 Å². The van der Waals surface area contributed by atoms with E-state index in [0.29, 0.717) is 0 Å². The average molecular weight is 84.5 g/mol. The maximum atomic E-state index is 7.43. The largest absolute Gasteiger partial charge is 1.00 e. The van der Waals surface area contributed by atoms with Gasteiger partial charge in [0.05, 0.1) is 7.85 Å². The summed E-state index contributed by atoms with van der Waals surface area (Å²) in [5, 5.41) is 7.43. The molecule has 0 aromatic heterocycles. The zero-order valence-corrected chi connectivity index (χ0v) is 5.10. The van der Waals surface area contributed by atoms with Crippen LogP contribution in [0.4, 0.5) is 0 Å². The summed E-state index contributed by atoms with van der Waals surface area (Å²) in [5.74, 6) is 2.00. The van der Waals surface area contributed by atoms with Gasteiger partial charge in [0.1, 0.15) is 0 Å². The molecular formula is CH3B3NNa. The van der Waals surface area contributed by atoms with Gasteiger partial charge in [-0.15, -0.1) is 0 Å². The summed E-state index contributed by atoms with van der Waals surface area (Å²) < 4.78 is 0. The first-order valence-corrected chi connectivity index (χ1v) is 0.557. The fraction of sp³-hybridized carbons (Fsp3) is 0. The fourth-order valence-electron chi connectivity index (χ4n) is 0. The molecule has 0 aliphatic carbocycles. The predicted octanol–water partition coefficient (Wildman–Crippen LogP) is -4.92. The summed E-state index contributed by atoms with van der Waals surface area (Å²) in [4.78, 5) is 0. The van der Waals surface area contributed by atoms with E-state index in [-0.39, 0.29) is 37.4 Å². The van der Waals surface area contributed by atoms with Crippen molar-refractivity contribution in [3.63, 3.8) is 0 Å². The van der Waals surface area contributed by atoms with Crippen molar-refractivity contribution in [3.05, 3.63) is 0 Å². The monoisotopic (exact) mass is 85.0 g/mol. The van der Waals surface area contributed by atoms with Crippen LogP contribution < -0.4 is 29.6 Å². The topological polar surface area (TPSA) is 23.8 Å². The third-order valence-corrected chi connectivity index (χ3v) is 0. The van der Waals surface area contributed by atoms with Gasteiger partial charge in [0.15, 0.2) is 0 Å². The van der Waals surface area contributed by atoms with Crippen LogP contribution in [0, 0.1) is 11.2 Å². The quantitative estimate of drug-likeness (QED) is 0.270. The van der Waals surface area contributed by atoms with E-state index >= 15 is 0 Å². The average Bonchev–Trinajstić information content (AvgIpc) is 1.46. The van der Waals surface area contributed by atoms with Crippen LogP contribution in [0.5, 0.6) is 0 Å². The molecule has 0 rings (SSSR count). The number of hydrogen-bond acceptors (Lipinski definition) is 1. The van der Waals surface area contributed by atoms with Crippen LogP contribution in [0.25, 0.3) is 0 Å². The molecule has 22 valence electrons. The molecule has 0 spiro atoms. The Kier molecular flexibility index (Phi) is 117. The van der Waals surface area contributed by atoms with Gasteiger partial charge in [0, 0.05) is 15.5 Å². The molecule has 1 nitrogen and oxygen atoms in total. The van der Waals surface area contributed by atoms with Crippen LogP contribution in [0.15, 0.2) is 0 Å². The molecular weight excluding hydrogens is 81.4 g/mol. The van der Waals surface area contributed by atoms with E-state index in [2.05, 4.69) is 15.5 Å².